The number of aliphatic hydroxyl groups is 2. The summed E-state index contributed by atoms with van der Waals surface area (Å²) in [5.74, 6) is -1.40. The molecule has 0 aromatic rings. The lowest BCUT2D eigenvalue weighted by molar-refractivity contribution is -0.135. The average molecular weight is 332 g/mol. The van der Waals surface area contributed by atoms with Crippen molar-refractivity contribution < 1.29 is 19.8 Å². The first-order valence-electron chi connectivity index (χ1n) is 8.97. The third-order valence-corrected chi connectivity index (χ3v) is 6.63. The minimum Gasteiger partial charge on any atom is -0.507 e. The van der Waals surface area contributed by atoms with Crippen LogP contribution < -0.4 is 0 Å². The van der Waals surface area contributed by atoms with Gasteiger partial charge in [0.15, 0.2) is 0 Å². The molecule has 3 rings (SSSR count). The summed E-state index contributed by atoms with van der Waals surface area (Å²) in [5.41, 5.74) is 0.383. The molecule has 24 heavy (non-hydrogen) atoms. The highest BCUT2D eigenvalue weighted by atomic mass is 16.3. The van der Waals surface area contributed by atoms with Crippen molar-refractivity contribution in [2.45, 2.75) is 66.4 Å². The summed E-state index contributed by atoms with van der Waals surface area (Å²) in [4.78, 5) is 25.6. The molecule has 0 aromatic heterocycles. The molecule has 0 unspecified atom stereocenters. The van der Waals surface area contributed by atoms with Crippen LogP contribution in [-0.2, 0) is 9.59 Å². The Labute approximate surface area is 143 Å². The number of allylic oxidation sites excluding steroid dienone is 2. The van der Waals surface area contributed by atoms with Crippen LogP contribution in [-0.4, -0.2) is 27.9 Å². The minimum atomic E-state index is -0.888. The summed E-state index contributed by atoms with van der Waals surface area (Å²) in [6.07, 6.45) is 2.48. The summed E-state index contributed by atoms with van der Waals surface area (Å²) in [6.45, 7) is 9.96. The minimum absolute atomic E-state index is 0.00645. The van der Waals surface area contributed by atoms with E-state index in [2.05, 4.69) is 13.8 Å². The normalized spacial score (nSPS) is 36.1. The number of fused-ring (bicyclic) bond motifs is 2. The van der Waals surface area contributed by atoms with E-state index in [1.807, 2.05) is 6.92 Å². The number of Topliss-reactive ketones (excluding diaryl/α,β-unsaturated/α-hetero) is 2. The van der Waals surface area contributed by atoms with E-state index in [1.54, 1.807) is 13.8 Å². The fourth-order valence-corrected chi connectivity index (χ4v) is 5.50. The molecule has 3 aliphatic carbocycles. The molecule has 3 atom stereocenters. The zero-order valence-corrected chi connectivity index (χ0v) is 15.3. The number of aliphatic hydroxyl groups excluding tert-OH is 2. The van der Waals surface area contributed by atoms with Crippen LogP contribution in [0.5, 0.6) is 0 Å². The molecule has 3 aliphatic rings. The Morgan fingerprint density at radius 2 is 1.71 bits per heavy atom. The van der Waals surface area contributed by atoms with Gasteiger partial charge in [-0.05, 0) is 36.5 Å². The highest BCUT2D eigenvalue weighted by Crippen LogP contribution is 2.61. The molecule has 0 amide bonds. The fraction of sp³-hybridized carbons (Fsp3) is 0.700. The molecule has 0 spiro atoms. The van der Waals surface area contributed by atoms with Crippen molar-refractivity contribution in [3.8, 4) is 0 Å². The van der Waals surface area contributed by atoms with E-state index in [1.165, 1.54) is 0 Å². The zero-order chi connectivity index (χ0) is 18.0. The second kappa shape index (κ2) is 5.29. The van der Waals surface area contributed by atoms with Gasteiger partial charge in [0.1, 0.15) is 5.76 Å². The molecule has 1 fully saturated rings. The van der Waals surface area contributed by atoms with Gasteiger partial charge >= 0.3 is 0 Å². The predicted octanol–water partition coefficient (Wildman–Crippen LogP) is 3.50. The summed E-state index contributed by atoms with van der Waals surface area (Å²) in [7, 11) is 0. The Kier molecular flexibility index (Phi) is 3.83. The van der Waals surface area contributed by atoms with E-state index in [-0.39, 0.29) is 28.6 Å². The second-order valence-corrected chi connectivity index (χ2v) is 8.93. The Bertz CT molecular complexity index is 680. The largest absolute Gasteiger partial charge is 0.507 e. The van der Waals surface area contributed by atoms with Gasteiger partial charge in [0.2, 0.25) is 11.6 Å². The highest BCUT2D eigenvalue weighted by molar-refractivity contribution is 6.50. The molecule has 0 saturated heterocycles. The highest BCUT2D eigenvalue weighted by Gasteiger charge is 2.57. The molecule has 1 saturated carbocycles. The molecule has 132 valence electrons. The van der Waals surface area contributed by atoms with E-state index >= 15 is 0 Å². The van der Waals surface area contributed by atoms with Crippen molar-refractivity contribution >= 4 is 11.6 Å². The maximum Gasteiger partial charge on any atom is 0.233 e. The van der Waals surface area contributed by atoms with Crippen LogP contribution >= 0.6 is 0 Å². The number of rotatable bonds is 1. The summed E-state index contributed by atoms with van der Waals surface area (Å²) < 4.78 is 0. The molecule has 0 bridgehead atoms. The number of ketones is 2. The predicted molar refractivity (Wildman–Crippen MR) is 91.4 cm³/mol. The van der Waals surface area contributed by atoms with Gasteiger partial charge < -0.3 is 10.2 Å². The van der Waals surface area contributed by atoms with Gasteiger partial charge in [-0.1, -0.05) is 41.0 Å². The first kappa shape index (κ1) is 17.4. The lowest BCUT2D eigenvalue weighted by atomic mass is 9.48. The van der Waals surface area contributed by atoms with Gasteiger partial charge in [-0.3, -0.25) is 9.59 Å². The van der Waals surface area contributed by atoms with Crippen LogP contribution in [0.25, 0.3) is 0 Å². The van der Waals surface area contributed by atoms with Crippen LogP contribution in [0.1, 0.15) is 60.3 Å². The average Bonchev–Trinajstić information content (AvgIpc) is 2.45. The first-order valence-corrected chi connectivity index (χ1v) is 8.97. The van der Waals surface area contributed by atoms with Crippen LogP contribution in [0.3, 0.4) is 0 Å². The van der Waals surface area contributed by atoms with Crippen molar-refractivity contribution in [1.29, 1.82) is 0 Å². The molecule has 0 aliphatic heterocycles. The lowest BCUT2D eigenvalue weighted by Gasteiger charge is -2.56. The van der Waals surface area contributed by atoms with Gasteiger partial charge in [0, 0.05) is 22.1 Å². The van der Waals surface area contributed by atoms with Crippen molar-refractivity contribution in [3.63, 3.8) is 0 Å². The van der Waals surface area contributed by atoms with Crippen LogP contribution in [0, 0.1) is 22.7 Å². The second-order valence-electron chi connectivity index (χ2n) is 8.93. The van der Waals surface area contributed by atoms with Crippen molar-refractivity contribution in [3.05, 3.63) is 22.5 Å². The fourth-order valence-electron chi connectivity index (χ4n) is 5.50. The maximum absolute atomic E-state index is 13.0. The summed E-state index contributed by atoms with van der Waals surface area (Å²) in [5, 5.41) is 21.5. The molecular formula is C20H28O4. The third-order valence-electron chi connectivity index (χ3n) is 6.63. The first-order chi connectivity index (χ1) is 11.0. The third kappa shape index (κ3) is 2.15. The number of carbonyl (C=O) groups excluding carboxylic acids is 2. The van der Waals surface area contributed by atoms with E-state index in [4.69, 9.17) is 0 Å². The van der Waals surface area contributed by atoms with Gasteiger partial charge in [0.25, 0.3) is 0 Å². The Morgan fingerprint density at radius 1 is 1.08 bits per heavy atom. The van der Waals surface area contributed by atoms with Crippen LogP contribution in [0.15, 0.2) is 22.5 Å². The van der Waals surface area contributed by atoms with Crippen molar-refractivity contribution in [2.24, 2.45) is 22.7 Å². The smallest absolute Gasteiger partial charge is 0.233 e. The molecule has 0 radical (unpaired) electrons. The number of hydrogen-bond donors (Lipinski definition) is 2. The standard InChI is InChI=1S/C20H28O4/c1-10(2)13-16(22)14-11(21)9-12-19(3,4)7-6-8-20(12,5)15(14)18(24)17(13)23/h10-12,21-22H,6-9H2,1-5H3/t11-,12+,20+/m1/s1. The van der Waals surface area contributed by atoms with Gasteiger partial charge in [-0.25, -0.2) is 0 Å². The SMILES string of the molecule is CC(C)C1=C(O)C2=C(C(=O)C1=O)[C@@]1(C)CCCC(C)(C)[C@@H]1C[C@H]2O. The number of carbonyl (C=O) groups is 2. The van der Waals surface area contributed by atoms with E-state index in [9.17, 15) is 19.8 Å². The van der Waals surface area contributed by atoms with E-state index < -0.39 is 23.1 Å². The summed E-state index contributed by atoms with van der Waals surface area (Å²) in [6, 6.07) is 0. The molecule has 4 heteroatoms. The molecule has 2 N–H and O–H groups in total. The number of hydrogen-bond acceptors (Lipinski definition) is 4. The Balaban J connectivity index is 2.27. The van der Waals surface area contributed by atoms with Crippen molar-refractivity contribution in [1.82, 2.24) is 0 Å². The Morgan fingerprint density at radius 3 is 2.29 bits per heavy atom. The molecule has 4 nitrogen and oxygen atoms in total. The van der Waals surface area contributed by atoms with E-state index in [0.29, 0.717) is 17.6 Å². The quantitative estimate of drug-likeness (QED) is 0.569. The van der Waals surface area contributed by atoms with E-state index in [0.717, 1.165) is 19.3 Å². The van der Waals surface area contributed by atoms with Gasteiger partial charge in [0.05, 0.1) is 6.10 Å². The van der Waals surface area contributed by atoms with Crippen LogP contribution in [0.2, 0.25) is 0 Å². The lowest BCUT2D eigenvalue weighted by Crippen LogP contribution is -2.52. The van der Waals surface area contributed by atoms with Gasteiger partial charge in [-0.15, -0.1) is 0 Å². The zero-order valence-electron chi connectivity index (χ0n) is 15.3. The maximum atomic E-state index is 13.0. The molecule has 0 heterocycles. The van der Waals surface area contributed by atoms with Crippen LogP contribution in [0.4, 0.5) is 0 Å². The summed E-state index contributed by atoms with van der Waals surface area (Å²) >= 11 is 0. The Hall–Kier alpha value is -1.42. The van der Waals surface area contributed by atoms with Gasteiger partial charge in [-0.2, -0.15) is 0 Å². The molecular weight excluding hydrogens is 304 g/mol. The monoisotopic (exact) mass is 332 g/mol. The topological polar surface area (TPSA) is 74.6 Å². The van der Waals surface area contributed by atoms with Crippen molar-refractivity contribution in [2.75, 3.05) is 0 Å². The molecule has 0 aromatic carbocycles.